The van der Waals surface area contributed by atoms with Gasteiger partial charge in [-0.15, -0.1) is 0 Å². The summed E-state index contributed by atoms with van der Waals surface area (Å²) in [6.45, 7) is 4.13. The van der Waals surface area contributed by atoms with Crippen molar-refractivity contribution in [3.63, 3.8) is 0 Å². The van der Waals surface area contributed by atoms with Crippen LogP contribution in [0.1, 0.15) is 24.5 Å². The number of benzene rings is 2. The third kappa shape index (κ3) is 2.48. The summed E-state index contributed by atoms with van der Waals surface area (Å²) >= 11 is 0. The summed E-state index contributed by atoms with van der Waals surface area (Å²) in [5.41, 5.74) is 5.56. The van der Waals surface area contributed by atoms with Gasteiger partial charge in [-0.2, -0.15) is 0 Å². The third-order valence-electron chi connectivity index (χ3n) is 3.73. The molecular weight excluding hydrogens is 237 g/mol. The van der Waals surface area contributed by atoms with Crippen LogP contribution in [0.15, 0.2) is 36.4 Å². The Kier molecular flexibility index (Phi) is 3.02. The second-order valence-corrected chi connectivity index (χ2v) is 5.47. The van der Waals surface area contributed by atoms with Crippen LogP contribution in [-0.2, 0) is 6.42 Å². The quantitative estimate of drug-likeness (QED) is 0.788. The molecular formula is C17H18FN. The zero-order valence-electron chi connectivity index (χ0n) is 11.3. The van der Waals surface area contributed by atoms with Crippen LogP contribution in [0, 0.1) is 12.7 Å². The van der Waals surface area contributed by atoms with Gasteiger partial charge in [0.1, 0.15) is 5.82 Å². The Labute approximate surface area is 113 Å². The van der Waals surface area contributed by atoms with Gasteiger partial charge in [-0.1, -0.05) is 12.1 Å². The van der Waals surface area contributed by atoms with Crippen LogP contribution < -0.4 is 5.32 Å². The van der Waals surface area contributed by atoms with Gasteiger partial charge in [0.25, 0.3) is 0 Å². The van der Waals surface area contributed by atoms with Crippen molar-refractivity contribution in [2.45, 2.75) is 32.7 Å². The predicted octanol–water partition coefficient (Wildman–Crippen LogP) is 4.55. The topological polar surface area (TPSA) is 12.0 Å². The summed E-state index contributed by atoms with van der Waals surface area (Å²) in [4.78, 5) is 0. The summed E-state index contributed by atoms with van der Waals surface area (Å²) in [6.07, 6.45) is 2.24. The maximum Gasteiger partial charge on any atom is 0.124 e. The van der Waals surface area contributed by atoms with Crippen molar-refractivity contribution >= 4 is 5.69 Å². The summed E-state index contributed by atoms with van der Waals surface area (Å²) < 4.78 is 13.5. The molecule has 1 aliphatic heterocycles. The SMILES string of the molecule is Cc1cc(F)cc(-c2ccc3c(c2)CCC(C)N3)c1. The van der Waals surface area contributed by atoms with Crippen molar-refractivity contribution in [2.24, 2.45) is 0 Å². The zero-order chi connectivity index (χ0) is 13.4. The number of nitrogens with one attached hydrogen (secondary N) is 1. The number of rotatable bonds is 1. The summed E-state index contributed by atoms with van der Waals surface area (Å²) in [5.74, 6) is -0.167. The first-order valence-corrected chi connectivity index (χ1v) is 6.79. The van der Waals surface area contributed by atoms with E-state index in [0.29, 0.717) is 6.04 Å². The minimum atomic E-state index is -0.167. The van der Waals surface area contributed by atoms with Crippen molar-refractivity contribution in [2.75, 3.05) is 5.32 Å². The van der Waals surface area contributed by atoms with E-state index in [1.165, 1.54) is 11.3 Å². The van der Waals surface area contributed by atoms with Gasteiger partial charge in [-0.3, -0.25) is 0 Å². The highest BCUT2D eigenvalue weighted by Crippen LogP contribution is 2.30. The lowest BCUT2D eigenvalue weighted by Crippen LogP contribution is -2.21. The molecule has 3 rings (SSSR count). The molecule has 2 heteroatoms. The van der Waals surface area contributed by atoms with Gasteiger partial charge < -0.3 is 5.32 Å². The maximum absolute atomic E-state index is 13.5. The van der Waals surface area contributed by atoms with Crippen LogP contribution in [0.2, 0.25) is 0 Å². The lowest BCUT2D eigenvalue weighted by atomic mass is 9.94. The molecule has 19 heavy (non-hydrogen) atoms. The fourth-order valence-corrected chi connectivity index (χ4v) is 2.73. The van der Waals surface area contributed by atoms with Crippen molar-refractivity contribution in [3.8, 4) is 11.1 Å². The first kappa shape index (κ1) is 12.2. The molecule has 2 aromatic rings. The fraction of sp³-hybridized carbons (Fsp3) is 0.294. The van der Waals surface area contributed by atoms with Crippen molar-refractivity contribution in [3.05, 3.63) is 53.3 Å². The third-order valence-corrected chi connectivity index (χ3v) is 3.73. The molecule has 0 aliphatic carbocycles. The van der Waals surface area contributed by atoms with E-state index < -0.39 is 0 Å². The second-order valence-electron chi connectivity index (χ2n) is 5.47. The largest absolute Gasteiger partial charge is 0.382 e. The Hall–Kier alpha value is -1.83. The number of halogens is 1. The second kappa shape index (κ2) is 4.69. The van der Waals surface area contributed by atoms with Crippen LogP contribution in [0.25, 0.3) is 11.1 Å². The van der Waals surface area contributed by atoms with Crippen LogP contribution in [0.3, 0.4) is 0 Å². The molecule has 0 aromatic heterocycles. The van der Waals surface area contributed by atoms with E-state index in [-0.39, 0.29) is 5.82 Å². The minimum Gasteiger partial charge on any atom is -0.382 e. The van der Waals surface area contributed by atoms with Crippen LogP contribution in [0.5, 0.6) is 0 Å². The highest BCUT2D eigenvalue weighted by molar-refractivity contribution is 5.69. The highest BCUT2D eigenvalue weighted by Gasteiger charge is 2.14. The van der Waals surface area contributed by atoms with Gasteiger partial charge in [0.15, 0.2) is 0 Å². The summed E-state index contributed by atoms with van der Waals surface area (Å²) in [6, 6.07) is 12.1. The Bertz CT molecular complexity index is 598. The molecule has 2 aromatic carbocycles. The average molecular weight is 255 g/mol. The molecule has 0 fully saturated rings. The van der Waals surface area contributed by atoms with Crippen molar-refractivity contribution < 1.29 is 4.39 Å². The van der Waals surface area contributed by atoms with Crippen LogP contribution >= 0.6 is 0 Å². The standard InChI is InChI=1S/C17H18FN/c1-11-7-15(10-16(18)8-11)13-5-6-17-14(9-13)4-3-12(2)19-17/h5-10,12,19H,3-4H2,1-2H3. The van der Waals surface area contributed by atoms with Crippen LogP contribution in [0.4, 0.5) is 10.1 Å². The van der Waals surface area contributed by atoms with Gasteiger partial charge in [-0.25, -0.2) is 4.39 Å². The molecule has 0 radical (unpaired) electrons. The molecule has 1 aliphatic rings. The molecule has 0 amide bonds. The Morgan fingerprint density at radius 2 is 1.95 bits per heavy atom. The van der Waals surface area contributed by atoms with E-state index in [1.807, 2.05) is 13.0 Å². The molecule has 1 N–H and O–H groups in total. The van der Waals surface area contributed by atoms with Crippen molar-refractivity contribution in [1.82, 2.24) is 0 Å². The number of aryl methyl sites for hydroxylation is 2. The molecule has 0 bridgehead atoms. The molecule has 0 spiro atoms. The van der Waals surface area contributed by atoms with E-state index in [2.05, 4.69) is 30.4 Å². The predicted molar refractivity (Wildman–Crippen MR) is 78.0 cm³/mol. The van der Waals surface area contributed by atoms with Gasteiger partial charge >= 0.3 is 0 Å². The molecule has 0 saturated carbocycles. The smallest absolute Gasteiger partial charge is 0.124 e. The van der Waals surface area contributed by atoms with Crippen LogP contribution in [-0.4, -0.2) is 6.04 Å². The van der Waals surface area contributed by atoms with E-state index in [9.17, 15) is 4.39 Å². The van der Waals surface area contributed by atoms with Gasteiger partial charge in [-0.05, 0) is 73.2 Å². The molecule has 98 valence electrons. The molecule has 1 atom stereocenters. The highest BCUT2D eigenvalue weighted by atomic mass is 19.1. The zero-order valence-corrected chi connectivity index (χ0v) is 11.3. The number of anilines is 1. The Balaban J connectivity index is 2.02. The molecule has 0 saturated heterocycles. The molecule has 1 unspecified atom stereocenters. The lowest BCUT2D eigenvalue weighted by Gasteiger charge is -2.24. The first-order chi connectivity index (χ1) is 9.11. The normalized spacial score (nSPS) is 17.7. The van der Waals surface area contributed by atoms with Crippen molar-refractivity contribution in [1.29, 1.82) is 0 Å². The van der Waals surface area contributed by atoms with E-state index in [0.717, 1.165) is 29.5 Å². The summed E-state index contributed by atoms with van der Waals surface area (Å²) in [7, 11) is 0. The van der Waals surface area contributed by atoms with Gasteiger partial charge in [0, 0.05) is 11.7 Å². The lowest BCUT2D eigenvalue weighted by molar-refractivity contribution is 0.627. The number of hydrogen-bond acceptors (Lipinski definition) is 1. The van der Waals surface area contributed by atoms with E-state index in [4.69, 9.17) is 0 Å². The van der Waals surface area contributed by atoms with E-state index >= 15 is 0 Å². The minimum absolute atomic E-state index is 0.167. The molecule has 1 heterocycles. The Morgan fingerprint density at radius 1 is 1.11 bits per heavy atom. The maximum atomic E-state index is 13.5. The molecule has 1 nitrogen and oxygen atoms in total. The van der Waals surface area contributed by atoms with Gasteiger partial charge in [0.2, 0.25) is 0 Å². The Morgan fingerprint density at radius 3 is 2.74 bits per heavy atom. The number of hydrogen-bond donors (Lipinski definition) is 1. The van der Waals surface area contributed by atoms with Gasteiger partial charge in [0.05, 0.1) is 0 Å². The fourth-order valence-electron chi connectivity index (χ4n) is 2.73. The van der Waals surface area contributed by atoms with E-state index in [1.54, 1.807) is 12.1 Å². The first-order valence-electron chi connectivity index (χ1n) is 6.79. The monoisotopic (exact) mass is 255 g/mol. The average Bonchev–Trinajstić information content (AvgIpc) is 2.37. The number of fused-ring (bicyclic) bond motifs is 1. The summed E-state index contributed by atoms with van der Waals surface area (Å²) in [5, 5.41) is 3.49.